The summed E-state index contributed by atoms with van der Waals surface area (Å²) in [4.78, 5) is 31.3. The van der Waals surface area contributed by atoms with Gasteiger partial charge in [0.05, 0.1) is 0 Å². The number of allylic oxidation sites excluding steroid dienone is 4. The topological polar surface area (TPSA) is 40.6 Å². The van der Waals surface area contributed by atoms with Crippen molar-refractivity contribution in [2.24, 2.45) is 10.8 Å². The second kappa shape index (κ2) is 13.7. The molecule has 0 fully saturated rings. The maximum atomic E-state index is 13.2. The molecule has 0 saturated heterocycles. The second-order valence-corrected chi connectivity index (χ2v) is 11.5. The predicted octanol–water partition coefficient (Wildman–Crippen LogP) is 6.84. The molecule has 0 bridgehead atoms. The lowest BCUT2D eigenvalue weighted by atomic mass is 9.70. The van der Waals surface area contributed by atoms with Crippen LogP contribution in [0.4, 0.5) is 0 Å². The van der Waals surface area contributed by atoms with Gasteiger partial charge in [0.15, 0.2) is 11.6 Å². The third-order valence-corrected chi connectivity index (χ3v) is 8.26. The average molecular weight is 475 g/mol. The van der Waals surface area contributed by atoms with Crippen molar-refractivity contribution >= 4 is 11.6 Å². The van der Waals surface area contributed by atoms with E-state index in [1.165, 1.54) is 0 Å². The van der Waals surface area contributed by atoms with Gasteiger partial charge in [-0.2, -0.15) is 0 Å². The molecule has 0 aromatic heterocycles. The van der Waals surface area contributed by atoms with Gasteiger partial charge in [-0.05, 0) is 88.7 Å². The monoisotopic (exact) mass is 474 g/mol. The Kier molecular flexibility index (Phi) is 12.4. The highest BCUT2D eigenvalue weighted by Crippen LogP contribution is 2.40. The van der Waals surface area contributed by atoms with Crippen molar-refractivity contribution < 1.29 is 9.59 Å². The fourth-order valence-electron chi connectivity index (χ4n) is 5.62. The normalized spacial score (nSPS) is 17.3. The van der Waals surface area contributed by atoms with Gasteiger partial charge in [-0.15, -0.1) is 0 Å². The molecule has 4 heteroatoms. The van der Waals surface area contributed by atoms with Crippen LogP contribution in [0.5, 0.6) is 0 Å². The maximum Gasteiger partial charge on any atom is 0.182 e. The van der Waals surface area contributed by atoms with Crippen LogP contribution in [-0.2, 0) is 9.59 Å². The number of hydrogen-bond donors (Lipinski definition) is 0. The van der Waals surface area contributed by atoms with Crippen molar-refractivity contribution in [1.29, 1.82) is 0 Å². The van der Waals surface area contributed by atoms with Crippen molar-refractivity contribution in [1.82, 2.24) is 9.80 Å². The molecule has 0 saturated carbocycles. The highest BCUT2D eigenvalue weighted by Gasteiger charge is 2.36. The Morgan fingerprint density at radius 2 is 0.941 bits per heavy atom. The van der Waals surface area contributed by atoms with Crippen LogP contribution in [0.1, 0.15) is 108 Å². The molecule has 1 rings (SSSR count). The number of carbonyl (C=O) groups excluding carboxylic acids is 2. The third-order valence-electron chi connectivity index (χ3n) is 8.26. The van der Waals surface area contributed by atoms with E-state index >= 15 is 0 Å². The molecule has 1 aliphatic carbocycles. The zero-order valence-electron chi connectivity index (χ0n) is 24.1. The molecule has 0 amide bonds. The Hall–Kier alpha value is -1.26. The summed E-state index contributed by atoms with van der Waals surface area (Å²) in [6, 6.07) is 1.08. The maximum absolute atomic E-state index is 13.2. The Bertz CT molecular complexity index is 662. The molecule has 0 radical (unpaired) electrons. The first-order valence-corrected chi connectivity index (χ1v) is 13.9. The molecular weight excluding hydrogens is 420 g/mol. The summed E-state index contributed by atoms with van der Waals surface area (Å²) in [6.45, 7) is 26.1. The molecule has 0 aromatic rings. The highest BCUT2D eigenvalue weighted by molar-refractivity contribution is 6.20. The predicted molar refractivity (Wildman–Crippen MR) is 146 cm³/mol. The molecular formula is C30H54N2O2. The summed E-state index contributed by atoms with van der Waals surface area (Å²) < 4.78 is 0. The molecule has 34 heavy (non-hydrogen) atoms. The van der Waals surface area contributed by atoms with E-state index in [1.807, 2.05) is 0 Å². The molecule has 0 heterocycles. The molecule has 0 aromatic carbocycles. The first kappa shape index (κ1) is 30.8. The van der Waals surface area contributed by atoms with Crippen LogP contribution in [0.2, 0.25) is 0 Å². The lowest BCUT2D eigenvalue weighted by molar-refractivity contribution is -0.116. The summed E-state index contributed by atoms with van der Waals surface area (Å²) in [5.74, 6) is 0.0574. The molecule has 2 atom stereocenters. The highest BCUT2D eigenvalue weighted by atomic mass is 16.1. The van der Waals surface area contributed by atoms with E-state index in [0.29, 0.717) is 23.2 Å². The van der Waals surface area contributed by atoms with Gasteiger partial charge in [-0.1, -0.05) is 68.2 Å². The summed E-state index contributed by atoms with van der Waals surface area (Å²) in [6.07, 6.45) is 9.48. The minimum atomic E-state index is -0.291. The molecule has 2 unspecified atom stereocenters. The summed E-state index contributed by atoms with van der Waals surface area (Å²) in [7, 11) is 0. The van der Waals surface area contributed by atoms with Crippen molar-refractivity contribution in [2.45, 2.75) is 120 Å². The van der Waals surface area contributed by atoms with Gasteiger partial charge in [0.1, 0.15) is 0 Å². The Morgan fingerprint density at radius 1 is 0.647 bits per heavy atom. The Balaban J connectivity index is 2.77. The van der Waals surface area contributed by atoms with Gasteiger partial charge >= 0.3 is 0 Å². The Labute approximate surface area is 211 Å². The minimum Gasteiger partial charge on any atom is -0.301 e. The quantitative estimate of drug-likeness (QED) is 0.230. The van der Waals surface area contributed by atoms with E-state index in [-0.39, 0.29) is 22.4 Å². The molecule has 0 aliphatic heterocycles. The van der Waals surface area contributed by atoms with Crippen LogP contribution in [0.3, 0.4) is 0 Å². The molecule has 0 N–H and O–H groups in total. The number of nitrogens with zero attached hydrogens (tertiary/aromatic N) is 2. The zero-order chi connectivity index (χ0) is 26.1. The Morgan fingerprint density at radius 3 is 1.21 bits per heavy atom. The van der Waals surface area contributed by atoms with E-state index < -0.39 is 0 Å². The fourth-order valence-corrected chi connectivity index (χ4v) is 5.62. The van der Waals surface area contributed by atoms with Crippen molar-refractivity contribution in [3.63, 3.8) is 0 Å². The van der Waals surface area contributed by atoms with Gasteiger partial charge < -0.3 is 9.80 Å². The second-order valence-electron chi connectivity index (χ2n) is 11.5. The van der Waals surface area contributed by atoms with Crippen molar-refractivity contribution in [2.75, 3.05) is 26.2 Å². The number of carbonyl (C=O) groups is 2. The first-order chi connectivity index (χ1) is 15.8. The lowest BCUT2D eigenvalue weighted by Gasteiger charge is -2.34. The van der Waals surface area contributed by atoms with Gasteiger partial charge in [-0.25, -0.2) is 0 Å². The van der Waals surface area contributed by atoms with Gasteiger partial charge in [-0.3, -0.25) is 9.59 Å². The fraction of sp³-hybridized carbons (Fsp3) is 0.800. The van der Waals surface area contributed by atoms with E-state index in [4.69, 9.17) is 0 Å². The van der Waals surface area contributed by atoms with Crippen LogP contribution in [-0.4, -0.2) is 59.6 Å². The molecule has 0 spiro atoms. The van der Waals surface area contributed by atoms with Crippen LogP contribution in [0.25, 0.3) is 0 Å². The van der Waals surface area contributed by atoms with Gasteiger partial charge in [0.2, 0.25) is 0 Å². The zero-order valence-corrected chi connectivity index (χ0v) is 24.1. The van der Waals surface area contributed by atoms with Crippen molar-refractivity contribution in [3.05, 3.63) is 23.3 Å². The van der Waals surface area contributed by atoms with E-state index in [9.17, 15) is 9.59 Å². The number of rotatable bonds is 16. The minimum absolute atomic E-state index is 0.0287. The van der Waals surface area contributed by atoms with Crippen LogP contribution < -0.4 is 0 Å². The summed E-state index contributed by atoms with van der Waals surface area (Å²) in [5, 5.41) is 0. The van der Waals surface area contributed by atoms with Crippen LogP contribution >= 0.6 is 0 Å². The number of hydrogen-bond acceptors (Lipinski definition) is 4. The van der Waals surface area contributed by atoms with Gasteiger partial charge in [0.25, 0.3) is 0 Å². The summed E-state index contributed by atoms with van der Waals surface area (Å²) in [5.41, 5.74) is 0.785. The van der Waals surface area contributed by atoms with Crippen LogP contribution in [0.15, 0.2) is 23.3 Å². The van der Waals surface area contributed by atoms with Gasteiger partial charge in [0, 0.05) is 23.2 Å². The largest absolute Gasteiger partial charge is 0.301 e. The van der Waals surface area contributed by atoms with Crippen LogP contribution in [0, 0.1) is 10.8 Å². The number of ketones is 2. The summed E-state index contributed by atoms with van der Waals surface area (Å²) >= 11 is 0. The van der Waals surface area contributed by atoms with Crippen molar-refractivity contribution in [3.8, 4) is 0 Å². The van der Waals surface area contributed by atoms with E-state index in [0.717, 1.165) is 64.7 Å². The standard InChI is InChI=1S/C30H54N2O2/c1-11-31(12-2)23(5)17-15-19-29(7,8)25-21-28(34)26(22-27(25)33)30(9,10)20-16-18-24(6)32(13-3)14-4/h21-24H,11-20H2,1-10H3. The molecule has 4 nitrogen and oxygen atoms in total. The van der Waals surface area contributed by atoms with E-state index in [2.05, 4.69) is 79.0 Å². The third kappa shape index (κ3) is 8.45. The SMILES string of the molecule is CCN(CC)C(C)CCCC(C)(C)C1=CC(=O)C(C(C)(C)CCCC(C)N(CC)CC)=CC1=O. The lowest BCUT2D eigenvalue weighted by Crippen LogP contribution is -2.33. The molecule has 1 aliphatic rings. The van der Waals surface area contributed by atoms with E-state index in [1.54, 1.807) is 12.2 Å². The average Bonchev–Trinajstić information content (AvgIpc) is 2.76. The smallest absolute Gasteiger partial charge is 0.182 e. The first-order valence-electron chi connectivity index (χ1n) is 13.9. The molecule has 196 valence electrons.